The maximum absolute atomic E-state index is 13.0. The number of benzene rings is 2. The molecule has 1 fully saturated rings. The number of H-pyrrole nitrogens is 1. The Bertz CT molecular complexity index is 1400. The minimum absolute atomic E-state index is 0.0972. The Morgan fingerprint density at radius 3 is 2.21 bits per heavy atom. The molecule has 0 bridgehead atoms. The van der Waals surface area contributed by atoms with Crippen LogP contribution >= 0.6 is 15.9 Å². The topological polar surface area (TPSA) is 126 Å². The number of piperazine rings is 1. The predicted octanol–water partition coefficient (Wildman–Crippen LogP) is 3.28. The number of aromatic nitrogens is 2. The molecule has 1 aliphatic heterocycles. The molecule has 0 atom stereocenters. The number of carbonyl (C=O) groups is 3. The summed E-state index contributed by atoms with van der Waals surface area (Å²) in [4.78, 5) is 48.3. The first-order valence-electron chi connectivity index (χ1n) is 10.6. The van der Waals surface area contributed by atoms with Gasteiger partial charge in [0.15, 0.2) is 10.4 Å². The van der Waals surface area contributed by atoms with Crippen molar-refractivity contribution < 1.29 is 18.8 Å². The molecule has 3 amide bonds. The molecule has 9 nitrogen and oxygen atoms in total. The van der Waals surface area contributed by atoms with Crippen LogP contribution in [0.4, 0.5) is 0 Å². The van der Waals surface area contributed by atoms with Gasteiger partial charge in [-0.05, 0) is 52.3 Å². The number of nitrogens with one attached hydrogen (secondary N) is 1. The van der Waals surface area contributed by atoms with Gasteiger partial charge in [-0.2, -0.15) is 0 Å². The molecule has 10 heteroatoms. The van der Waals surface area contributed by atoms with Crippen molar-refractivity contribution in [3.8, 4) is 11.4 Å². The number of fused-ring (bicyclic) bond motifs is 1. The van der Waals surface area contributed by atoms with E-state index in [1.54, 1.807) is 46.2 Å². The van der Waals surface area contributed by atoms with Crippen LogP contribution in [0.3, 0.4) is 0 Å². The van der Waals surface area contributed by atoms with Crippen LogP contribution in [0, 0.1) is 0 Å². The highest BCUT2D eigenvalue weighted by Crippen LogP contribution is 2.24. The van der Waals surface area contributed by atoms with E-state index in [4.69, 9.17) is 10.2 Å². The Morgan fingerprint density at radius 1 is 0.912 bits per heavy atom. The van der Waals surface area contributed by atoms with E-state index >= 15 is 0 Å². The maximum atomic E-state index is 13.0. The van der Waals surface area contributed by atoms with Gasteiger partial charge in [0.25, 0.3) is 17.7 Å². The first-order valence-corrected chi connectivity index (χ1v) is 11.4. The number of amides is 3. The third-order valence-electron chi connectivity index (χ3n) is 5.82. The Morgan fingerprint density at radius 2 is 1.59 bits per heavy atom. The molecule has 2 aromatic carbocycles. The van der Waals surface area contributed by atoms with Gasteiger partial charge in [-0.3, -0.25) is 14.4 Å². The maximum Gasteiger partial charge on any atom is 0.289 e. The number of nitrogens with two attached hydrogens (primary N) is 1. The number of carbonyl (C=O) groups excluding carboxylic acids is 3. The minimum Gasteiger partial charge on any atom is -0.444 e. The normalized spacial score (nSPS) is 13.9. The van der Waals surface area contributed by atoms with E-state index in [0.29, 0.717) is 58.8 Å². The molecule has 0 radical (unpaired) electrons. The van der Waals surface area contributed by atoms with Crippen molar-refractivity contribution in [2.45, 2.75) is 0 Å². The largest absolute Gasteiger partial charge is 0.444 e. The second-order valence-electron chi connectivity index (χ2n) is 7.92. The fourth-order valence-electron chi connectivity index (χ4n) is 4.02. The fraction of sp³-hybridized carbons (Fsp3) is 0.167. The quantitative estimate of drug-likeness (QED) is 0.426. The smallest absolute Gasteiger partial charge is 0.289 e. The molecule has 0 aliphatic carbocycles. The summed E-state index contributed by atoms with van der Waals surface area (Å²) >= 11 is 3.20. The number of halogens is 1. The van der Waals surface area contributed by atoms with Crippen LogP contribution in [0.15, 0.2) is 63.7 Å². The molecule has 3 N–H and O–H groups in total. The second kappa shape index (κ2) is 8.79. The molecule has 2 aromatic heterocycles. The first-order chi connectivity index (χ1) is 16.4. The number of aromatic amines is 1. The van der Waals surface area contributed by atoms with Crippen LogP contribution in [0.5, 0.6) is 0 Å². The van der Waals surface area contributed by atoms with Crippen LogP contribution in [0.2, 0.25) is 0 Å². The SMILES string of the molecule is NC(=O)c1cccc2[nH]c(-c3ccc(C(=O)N4CCN(C(=O)c5ccc(Br)o5)CC4)cc3)nc12. The number of furan rings is 1. The summed E-state index contributed by atoms with van der Waals surface area (Å²) < 4.78 is 5.85. The number of rotatable bonds is 4. The Labute approximate surface area is 202 Å². The zero-order chi connectivity index (χ0) is 23.8. The molecule has 34 heavy (non-hydrogen) atoms. The average molecular weight is 522 g/mol. The first kappa shape index (κ1) is 21.9. The van der Waals surface area contributed by atoms with E-state index in [1.165, 1.54) is 0 Å². The molecule has 0 unspecified atom stereocenters. The number of para-hydroxylation sites is 1. The van der Waals surface area contributed by atoms with E-state index in [1.807, 2.05) is 18.2 Å². The third-order valence-corrected chi connectivity index (χ3v) is 6.25. The van der Waals surface area contributed by atoms with Gasteiger partial charge in [0, 0.05) is 37.3 Å². The van der Waals surface area contributed by atoms with Crippen LogP contribution in [0.1, 0.15) is 31.3 Å². The van der Waals surface area contributed by atoms with E-state index in [9.17, 15) is 14.4 Å². The summed E-state index contributed by atoms with van der Waals surface area (Å²) in [7, 11) is 0. The summed E-state index contributed by atoms with van der Waals surface area (Å²) in [5, 5.41) is 0. The van der Waals surface area contributed by atoms with E-state index in [-0.39, 0.29) is 17.6 Å². The van der Waals surface area contributed by atoms with E-state index in [2.05, 4.69) is 25.9 Å². The molecule has 3 heterocycles. The molecular formula is C24H20BrN5O4. The third kappa shape index (κ3) is 4.08. The van der Waals surface area contributed by atoms with Crippen LogP contribution in [-0.2, 0) is 0 Å². The van der Waals surface area contributed by atoms with Crippen LogP contribution < -0.4 is 5.73 Å². The minimum atomic E-state index is -0.538. The lowest BCUT2D eigenvalue weighted by molar-refractivity contribution is 0.0517. The lowest BCUT2D eigenvalue weighted by Crippen LogP contribution is -2.50. The summed E-state index contributed by atoms with van der Waals surface area (Å²) in [6.07, 6.45) is 0. The zero-order valence-corrected chi connectivity index (χ0v) is 19.5. The van der Waals surface area contributed by atoms with Crippen molar-refractivity contribution in [1.82, 2.24) is 19.8 Å². The standard InChI is InChI=1S/C24H20BrN5O4/c25-19-9-8-18(34-19)24(33)30-12-10-29(11-13-30)23(32)15-6-4-14(5-7-15)22-27-17-3-1-2-16(21(26)31)20(17)28-22/h1-9H,10-13H2,(H2,26,31)(H,27,28). The van der Waals surface area contributed by atoms with Gasteiger partial charge in [0.2, 0.25) is 0 Å². The molecule has 172 valence electrons. The van der Waals surface area contributed by atoms with Crippen molar-refractivity contribution in [3.05, 3.63) is 76.2 Å². The molecule has 1 saturated heterocycles. The van der Waals surface area contributed by atoms with Gasteiger partial charge < -0.3 is 24.9 Å². The van der Waals surface area contributed by atoms with Gasteiger partial charge in [-0.15, -0.1) is 0 Å². The molecule has 1 aliphatic rings. The lowest BCUT2D eigenvalue weighted by Gasteiger charge is -2.34. The van der Waals surface area contributed by atoms with Crippen molar-refractivity contribution in [3.63, 3.8) is 0 Å². The Kier molecular flexibility index (Phi) is 5.66. The molecule has 0 saturated carbocycles. The molecular weight excluding hydrogens is 502 g/mol. The molecule has 4 aromatic rings. The van der Waals surface area contributed by atoms with Crippen molar-refractivity contribution in [2.75, 3.05) is 26.2 Å². The predicted molar refractivity (Wildman–Crippen MR) is 128 cm³/mol. The molecule has 0 spiro atoms. The highest BCUT2D eigenvalue weighted by atomic mass is 79.9. The Hall–Kier alpha value is -3.92. The highest BCUT2D eigenvalue weighted by molar-refractivity contribution is 9.10. The molecule has 5 rings (SSSR count). The van der Waals surface area contributed by atoms with Crippen LogP contribution in [-0.4, -0.2) is 63.7 Å². The zero-order valence-electron chi connectivity index (χ0n) is 18.0. The number of hydrogen-bond donors (Lipinski definition) is 2. The van der Waals surface area contributed by atoms with Crippen LogP contribution in [0.25, 0.3) is 22.4 Å². The second-order valence-corrected chi connectivity index (χ2v) is 8.70. The van der Waals surface area contributed by atoms with Crippen molar-refractivity contribution >= 4 is 44.7 Å². The summed E-state index contributed by atoms with van der Waals surface area (Å²) in [5.41, 5.74) is 8.35. The van der Waals surface area contributed by atoms with Gasteiger partial charge in [0.1, 0.15) is 11.3 Å². The summed E-state index contributed by atoms with van der Waals surface area (Å²) in [6.45, 7) is 1.74. The number of nitrogens with zero attached hydrogens (tertiary/aromatic N) is 3. The summed E-state index contributed by atoms with van der Waals surface area (Å²) in [5.74, 6) is 0.0334. The average Bonchev–Trinajstić information content (AvgIpc) is 3.49. The Balaban J connectivity index is 1.26. The highest BCUT2D eigenvalue weighted by Gasteiger charge is 2.27. The van der Waals surface area contributed by atoms with Crippen molar-refractivity contribution in [2.24, 2.45) is 5.73 Å². The summed E-state index contributed by atoms with van der Waals surface area (Å²) in [6, 6.07) is 15.6. The lowest BCUT2D eigenvalue weighted by atomic mass is 10.1. The van der Waals surface area contributed by atoms with Gasteiger partial charge >= 0.3 is 0 Å². The van der Waals surface area contributed by atoms with Gasteiger partial charge in [-0.25, -0.2) is 4.98 Å². The van der Waals surface area contributed by atoms with E-state index in [0.717, 1.165) is 5.56 Å². The van der Waals surface area contributed by atoms with Crippen molar-refractivity contribution in [1.29, 1.82) is 0 Å². The van der Waals surface area contributed by atoms with Gasteiger partial charge in [-0.1, -0.05) is 18.2 Å². The fourth-order valence-corrected chi connectivity index (χ4v) is 4.33. The van der Waals surface area contributed by atoms with Gasteiger partial charge in [0.05, 0.1) is 11.1 Å². The van der Waals surface area contributed by atoms with E-state index < -0.39 is 5.91 Å². The number of primary amides is 1. The number of hydrogen-bond acceptors (Lipinski definition) is 5. The number of imidazole rings is 1. The monoisotopic (exact) mass is 521 g/mol.